The van der Waals surface area contributed by atoms with Crippen LogP contribution in [0.1, 0.15) is 26.2 Å². The van der Waals surface area contributed by atoms with Crippen molar-refractivity contribution in [2.24, 2.45) is 0 Å². The molecule has 1 N–H and O–H groups in total. The number of carbonyl (C=O) groups is 1. The molecule has 0 unspecified atom stereocenters. The molecule has 2 aliphatic rings. The number of nitrogens with zero attached hydrogens (tertiary/aromatic N) is 2. The number of piperidine rings is 1. The Bertz CT molecular complexity index is 544. The van der Waals surface area contributed by atoms with Gasteiger partial charge in [-0.1, -0.05) is 6.92 Å². The van der Waals surface area contributed by atoms with Crippen LogP contribution < -0.4 is 10.2 Å². The van der Waals surface area contributed by atoms with Gasteiger partial charge >= 0.3 is 0 Å². The summed E-state index contributed by atoms with van der Waals surface area (Å²) in [4.78, 5) is 15.7. The molecule has 0 bridgehead atoms. The molecule has 1 amide bonds. The summed E-state index contributed by atoms with van der Waals surface area (Å²) in [5, 5.41) is 4.22. The summed E-state index contributed by atoms with van der Waals surface area (Å²) in [5.74, 6) is 1.37. The maximum atomic E-state index is 11.5. The van der Waals surface area contributed by atoms with E-state index in [9.17, 15) is 4.79 Å². The summed E-state index contributed by atoms with van der Waals surface area (Å²) < 4.78 is 5.13. The van der Waals surface area contributed by atoms with Crippen LogP contribution in [-0.4, -0.2) is 61.3 Å². The van der Waals surface area contributed by atoms with Crippen LogP contribution in [0.5, 0.6) is 0 Å². The van der Waals surface area contributed by atoms with Gasteiger partial charge in [-0.2, -0.15) is 11.8 Å². The van der Waals surface area contributed by atoms with Crippen molar-refractivity contribution >= 4 is 29.0 Å². The number of thioether (sulfide) groups is 1. The molecule has 3 rings (SSSR count). The standard InChI is InChI=1S/C19H29N3O2S/c1-2-13-25-18-7-10-21(11-8-18)17-5-3-16(4-6-17)20-9-12-22-15-24-14-19(22)23/h3-6,18,20H,2,7-15H2,1H3. The zero-order chi connectivity index (χ0) is 17.5. The molecule has 0 radical (unpaired) electrons. The van der Waals surface area contributed by atoms with Gasteiger partial charge in [0.25, 0.3) is 5.91 Å². The number of rotatable bonds is 8. The highest BCUT2D eigenvalue weighted by Crippen LogP contribution is 2.27. The Kier molecular flexibility index (Phi) is 6.87. The second-order valence-electron chi connectivity index (χ2n) is 6.67. The number of ether oxygens (including phenoxy) is 1. The maximum Gasteiger partial charge on any atom is 0.250 e. The third-order valence-corrected chi connectivity index (χ3v) is 6.36. The Balaban J connectivity index is 1.40. The van der Waals surface area contributed by atoms with E-state index >= 15 is 0 Å². The molecule has 1 aromatic carbocycles. The van der Waals surface area contributed by atoms with Crippen molar-refractivity contribution in [1.29, 1.82) is 0 Å². The van der Waals surface area contributed by atoms with E-state index in [0.29, 0.717) is 13.3 Å². The first-order valence-corrected chi connectivity index (χ1v) is 10.4. The van der Waals surface area contributed by atoms with Gasteiger partial charge in [0.15, 0.2) is 0 Å². The van der Waals surface area contributed by atoms with Crippen molar-refractivity contribution in [3.8, 4) is 0 Å². The lowest BCUT2D eigenvalue weighted by Crippen LogP contribution is -2.34. The quantitative estimate of drug-likeness (QED) is 0.769. The molecule has 0 spiro atoms. The minimum atomic E-state index is 0.0812. The fraction of sp³-hybridized carbons (Fsp3) is 0.632. The van der Waals surface area contributed by atoms with Crippen LogP contribution in [0, 0.1) is 0 Å². The van der Waals surface area contributed by atoms with Gasteiger partial charge in [-0.25, -0.2) is 0 Å². The van der Waals surface area contributed by atoms with Crippen molar-refractivity contribution in [3.05, 3.63) is 24.3 Å². The lowest BCUT2D eigenvalue weighted by atomic mass is 10.1. The summed E-state index contributed by atoms with van der Waals surface area (Å²) >= 11 is 2.14. The third kappa shape index (κ3) is 5.28. The van der Waals surface area contributed by atoms with E-state index in [0.717, 1.165) is 30.6 Å². The summed E-state index contributed by atoms with van der Waals surface area (Å²) in [6, 6.07) is 8.67. The fourth-order valence-electron chi connectivity index (χ4n) is 3.29. The molecule has 2 saturated heterocycles. The number of carbonyl (C=O) groups excluding carboxylic acids is 1. The SMILES string of the molecule is CCCSC1CCN(c2ccc(NCCN3COCC3=O)cc2)CC1. The molecule has 2 fully saturated rings. The van der Waals surface area contributed by atoms with E-state index in [1.54, 1.807) is 4.90 Å². The molecule has 5 nitrogen and oxygen atoms in total. The van der Waals surface area contributed by atoms with Crippen LogP contribution in [-0.2, 0) is 9.53 Å². The van der Waals surface area contributed by atoms with Gasteiger partial charge in [0.2, 0.25) is 0 Å². The molecule has 0 aliphatic carbocycles. The van der Waals surface area contributed by atoms with Crippen LogP contribution in [0.3, 0.4) is 0 Å². The highest BCUT2D eigenvalue weighted by Gasteiger charge is 2.20. The minimum absolute atomic E-state index is 0.0812. The Morgan fingerprint density at radius 1 is 1.24 bits per heavy atom. The summed E-state index contributed by atoms with van der Waals surface area (Å²) in [6.45, 7) is 6.65. The van der Waals surface area contributed by atoms with Gasteiger partial charge in [-0.05, 0) is 49.3 Å². The van der Waals surface area contributed by atoms with E-state index in [1.165, 1.54) is 30.7 Å². The van der Waals surface area contributed by atoms with Crippen molar-refractivity contribution < 1.29 is 9.53 Å². The van der Waals surface area contributed by atoms with Gasteiger partial charge in [-0.15, -0.1) is 0 Å². The molecule has 1 aromatic rings. The maximum absolute atomic E-state index is 11.5. The molecular weight excluding hydrogens is 334 g/mol. The van der Waals surface area contributed by atoms with Gasteiger partial charge in [0, 0.05) is 42.8 Å². The average molecular weight is 364 g/mol. The Labute approximate surface area is 155 Å². The van der Waals surface area contributed by atoms with Crippen LogP contribution in [0.2, 0.25) is 0 Å². The second kappa shape index (κ2) is 9.34. The lowest BCUT2D eigenvalue weighted by molar-refractivity contribution is -0.126. The molecule has 0 aromatic heterocycles. The first kappa shape index (κ1) is 18.4. The van der Waals surface area contributed by atoms with Gasteiger partial charge in [0.1, 0.15) is 13.3 Å². The van der Waals surface area contributed by atoms with Crippen LogP contribution >= 0.6 is 11.8 Å². The van der Waals surface area contributed by atoms with Gasteiger partial charge in [0.05, 0.1) is 0 Å². The van der Waals surface area contributed by atoms with E-state index < -0.39 is 0 Å². The number of hydrogen-bond acceptors (Lipinski definition) is 5. The van der Waals surface area contributed by atoms with Crippen LogP contribution in [0.15, 0.2) is 24.3 Å². The summed E-state index contributed by atoms with van der Waals surface area (Å²) in [6.07, 6.45) is 3.85. The van der Waals surface area contributed by atoms with Crippen molar-refractivity contribution in [1.82, 2.24) is 4.90 Å². The fourth-order valence-corrected chi connectivity index (χ4v) is 4.40. The van der Waals surface area contributed by atoms with Crippen molar-refractivity contribution in [2.45, 2.75) is 31.4 Å². The first-order valence-electron chi connectivity index (χ1n) is 9.32. The zero-order valence-electron chi connectivity index (χ0n) is 15.1. The number of hydrogen-bond donors (Lipinski definition) is 1. The smallest absolute Gasteiger partial charge is 0.250 e. The number of benzene rings is 1. The lowest BCUT2D eigenvalue weighted by Gasteiger charge is -2.33. The van der Waals surface area contributed by atoms with Gasteiger partial charge in [-0.3, -0.25) is 4.79 Å². The normalized spacial score (nSPS) is 18.8. The second-order valence-corrected chi connectivity index (χ2v) is 8.07. The average Bonchev–Trinajstić information content (AvgIpc) is 3.06. The number of anilines is 2. The molecule has 25 heavy (non-hydrogen) atoms. The van der Waals surface area contributed by atoms with Crippen molar-refractivity contribution in [3.63, 3.8) is 0 Å². The van der Waals surface area contributed by atoms with Crippen LogP contribution in [0.25, 0.3) is 0 Å². The predicted molar refractivity (Wildman–Crippen MR) is 105 cm³/mol. The summed E-state index contributed by atoms with van der Waals surface area (Å²) in [5.41, 5.74) is 2.41. The molecule has 2 heterocycles. The minimum Gasteiger partial charge on any atom is -0.383 e. The van der Waals surface area contributed by atoms with Crippen molar-refractivity contribution in [2.75, 3.05) is 55.5 Å². The number of nitrogens with one attached hydrogen (secondary N) is 1. The molecule has 0 atom stereocenters. The molecule has 6 heteroatoms. The molecule has 0 saturated carbocycles. The Morgan fingerprint density at radius 2 is 2.00 bits per heavy atom. The van der Waals surface area contributed by atoms with E-state index in [2.05, 4.69) is 53.2 Å². The number of amides is 1. The zero-order valence-corrected chi connectivity index (χ0v) is 15.9. The highest BCUT2D eigenvalue weighted by molar-refractivity contribution is 7.99. The Morgan fingerprint density at radius 3 is 2.64 bits per heavy atom. The molecule has 2 aliphatic heterocycles. The predicted octanol–water partition coefficient (Wildman–Crippen LogP) is 3.03. The first-order chi connectivity index (χ1) is 12.3. The van der Waals surface area contributed by atoms with E-state index in [1.807, 2.05) is 0 Å². The molecular formula is C19H29N3O2S. The Hall–Kier alpha value is -1.40. The molecule has 138 valence electrons. The largest absolute Gasteiger partial charge is 0.383 e. The van der Waals surface area contributed by atoms with E-state index in [4.69, 9.17) is 4.74 Å². The highest BCUT2D eigenvalue weighted by atomic mass is 32.2. The monoisotopic (exact) mass is 363 g/mol. The van der Waals surface area contributed by atoms with Gasteiger partial charge < -0.3 is 19.9 Å². The summed E-state index contributed by atoms with van der Waals surface area (Å²) in [7, 11) is 0. The van der Waals surface area contributed by atoms with Crippen LogP contribution in [0.4, 0.5) is 11.4 Å². The van der Waals surface area contributed by atoms with E-state index in [-0.39, 0.29) is 12.5 Å². The topological polar surface area (TPSA) is 44.8 Å². The third-order valence-electron chi connectivity index (χ3n) is 4.77.